The average molecular weight is 579 g/mol. The number of hydrogen-bond acceptors (Lipinski definition) is 4. The van der Waals surface area contributed by atoms with Crippen LogP contribution in [0.4, 0.5) is 5.69 Å². The normalized spacial score (nSPS) is 19.6. The van der Waals surface area contributed by atoms with Gasteiger partial charge in [-0.3, -0.25) is 5.32 Å². The van der Waals surface area contributed by atoms with Crippen LogP contribution in [0.3, 0.4) is 0 Å². The molecule has 1 aromatic carbocycles. The molecule has 1 atom stereocenters. The molecule has 226 valence electrons. The number of nitrogens with two attached hydrogens (primary N) is 1. The van der Waals surface area contributed by atoms with Crippen molar-refractivity contribution >= 4 is 17.3 Å². The standard InChI is InChI=1S/C21H28ClN3.C12H21N.C3H6/c1-5-8-15(3)17(9-6-2)12-18-13-24-14-25(21(18)23)20-16(4)10-7-11-19(20)22;1-4-5-7-12-8-6-9-13(10-12)11(2)3;1-2-3-1/h5,7-11,24H,1,6,12-14,23H2,2-4H3;1,11-12H,5-10H2,2-3H3;1-3H2/b15-8-,17-9-;;. The molecule has 0 radical (unpaired) electrons. The summed E-state index contributed by atoms with van der Waals surface area (Å²) in [6, 6.07) is 6.63. The van der Waals surface area contributed by atoms with Crippen LogP contribution < -0.4 is 16.0 Å². The fraction of sp³-hybridized carbons (Fsp3) is 0.556. The van der Waals surface area contributed by atoms with Crippen molar-refractivity contribution in [1.82, 2.24) is 10.2 Å². The van der Waals surface area contributed by atoms with Gasteiger partial charge in [-0.2, -0.15) is 0 Å². The highest BCUT2D eigenvalue weighted by molar-refractivity contribution is 6.33. The van der Waals surface area contributed by atoms with Gasteiger partial charge in [0, 0.05) is 25.6 Å². The van der Waals surface area contributed by atoms with E-state index >= 15 is 0 Å². The molecule has 1 unspecified atom stereocenters. The third kappa shape index (κ3) is 12.1. The largest absolute Gasteiger partial charge is 0.385 e. The summed E-state index contributed by atoms with van der Waals surface area (Å²) in [5.41, 5.74) is 12.3. The topological polar surface area (TPSA) is 44.5 Å². The second-order valence-electron chi connectivity index (χ2n) is 11.7. The Bertz CT molecular complexity index is 1070. The maximum atomic E-state index is 6.55. The number of nitrogens with zero attached hydrogens (tertiary/aromatic N) is 2. The zero-order chi connectivity index (χ0) is 30.2. The fourth-order valence-corrected chi connectivity index (χ4v) is 5.55. The summed E-state index contributed by atoms with van der Waals surface area (Å²) < 4.78 is 0. The Morgan fingerprint density at radius 3 is 2.59 bits per heavy atom. The van der Waals surface area contributed by atoms with Crippen LogP contribution in [0, 0.1) is 25.2 Å². The maximum Gasteiger partial charge on any atom is 0.105 e. The lowest BCUT2D eigenvalue weighted by Gasteiger charge is -2.35. The van der Waals surface area contributed by atoms with Crippen LogP contribution in [0.5, 0.6) is 0 Å². The number of aryl methyl sites for hydroxylation is 1. The van der Waals surface area contributed by atoms with E-state index in [9.17, 15) is 0 Å². The van der Waals surface area contributed by atoms with E-state index in [1.807, 2.05) is 24.3 Å². The lowest BCUT2D eigenvalue weighted by atomic mass is 9.93. The third-order valence-corrected chi connectivity index (χ3v) is 8.08. The maximum absolute atomic E-state index is 6.55. The fourth-order valence-electron chi connectivity index (χ4n) is 5.22. The summed E-state index contributed by atoms with van der Waals surface area (Å²) in [6.45, 7) is 18.7. The minimum absolute atomic E-state index is 0.661. The molecule has 0 spiro atoms. The highest BCUT2D eigenvalue weighted by Gasteiger charge is 2.23. The number of benzene rings is 1. The van der Waals surface area contributed by atoms with Crippen LogP contribution in [0.1, 0.15) is 91.0 Å². The zero-order valence-electron chi connectivity index (χ0n) is 26.4. The molecule has 0 bridgehead atoms. The van der Waals surface area contributed by atoms with Gasteiger partial charge >= 0.3 is 0 Å². The van der Waals surface area contributed by atoms with Gasteiger partial charge in [-0.25, -0.2) is 0 Å². The van der Waals surface area contributed by atoms with Gasteiger partial charge in [-0.05, 0) is 101 Å². The molecule has 4 rings (SSSR count). The van der Waals surface area contributed by atoms with E-state index in [1.165, 1.54) is 68.3 Å². The van der Waals surface area contributed by atoms with Crippen molar-refractivity contribution in [2.75, 3.05) is 31.2 Å². The second-order valence-corrected chi connectivity index (χ2v) is 12.1. The van der Waals surface area contributed by atoms with Crippen molar-refractivity contribution < 1.29 is 0 Å². The minimum atomic E-state index is 0.661. The molecule has 0 amide bonds. The van der Waals surface area contributed by atoms with Crippen LogP contribution in [0.15, 0.2) is 65.5 Å². The van der Waals surface area contributed by atoms with Crippen LogP contribution in [0.2, 0.25) is 5.02 Å². The number of anilines is 1. The van der Waals surface area contributed by atoms with Crippen molar-refractivity contribution in [2.45, 2.75) is 98.4 Å². The van der Waals surface area contributed by atoms with Gasteiger partial charge in [0.25, 0.3) is 0 Å². The molecule has 2 aliphatic heterocycles. The summed E-state index contributed by atoms with van der Waals surface area (Å²) in [5, 5.41) is 4.17. The van der Waals surface area contributed by atoms with Gasteiger partial charge in [0.15, 0.2) is 0 Å². The van der Waals surface area contributed by atoms with Crippen LogP contribution >= 0.6 is 11.6 Å². The number of nitrogens with one attached hydrogen (secondary N) is 1. The van der Waals surface area contributed by atoms with Gasteiger partial charge in [-0.1, -0.05) is 74.7 Å². The Labute approximate surface area is 256 Å². The van der Waals surface area contributed by atoms with E-state index < -0.39 is 0 Å². The first kappa shape index (κ1) is 34.7. The minimum Gasteiger partial charge on any atom is -0.385 e. The van der Waals surface area contributed by atoms with E-state index in [0.29, 0.717) is 12.7 Å². The molecule has 1 aromatic rings. The first-order valence-corrected chi connectivity index (χ1v) is 16.0. The number of hydrogen-bond donors (Lipinski definition) is 2. The first-order chi connectivity index (χ1) is 19.7. The van der Waals surface area contributed by atoms with Gasteiger partial charge < -0.3 is 15.5 Å². The van der Waals surface area contributed by atoms with Crippen molar-refractivity contribution in [3.05, 3.63) is 76.1 Å². The molecule has 5 heteroatoms. The summed E-state index contributed by atoms with van der Waals surface area (Å²) in [5.74, 6) is 4.39. The Kier molecular flexibility index (Phi) is 16.0. The molecule has 1 aliphatic carbocycles. The van der Waals surface area contributed by atoms with Gasteiger partial charge in [-0.15, -0.1) is 12.3 Å². The Hall–Kier alpha value is -2.45. The van der Waals surface area contributed by atoms with E-state index in [2.05, 4.69) is 74.4 Å². The summed E-state index contributed by atoms with van der Waals surface area (Å²) in [6.07, 6.45) is 22.6. The molecule has 0 aromatic heterocycles. The number of piperidine rings is 1. The number of terminal acetylenes is 1. The molecule has 41 heavy (non-hydrogen) atoms. The molecule has 4 nitrogen and oxygen atoms in total. The highest BCUT2D eigenvalue weighted by Crippen LogP contribution is 2.33. The molecule has 3 N–H and O–H groups in total. The van der Waals surface area contributed by atoms with Crippen molar-refractivity contribution in [3.8, 4) is 12.3 Å². The monoisotopic (exact) mass is 578 g/mol. The van der Waals surface area contributed by atoms with Crippen molar-refractivity contribution in [3.63, 3.8) is 0 Å². The van der Waals surface area contributed by atoms with E-state index in [-0.39, 0.29) is 0 Å². The lowest BCUT2D eigenvalue weighted by Crippen LogP contribution is -2.44. The number of allylic oxidation sites excluding steroid dienone is 5. The SMILES string of the molecule is C#CCCC1CCCN(C(C)C)C1.C1CC1.C=C/C=C(C)\C(=C/CC)CC1=C(N)N(c2c(C)cccc2Cl)CNC1. The van der Waals surface area contributed by atoms with Crippen molar-refractivity contribution in [1.29, 1.82) is 0 Å². The third-order valence-electron chi connectivity index (χ3n) is 7.78. The van der Waals surface area contributed by atoms with E-state index in [1.54, 1.807) is 0 Å². The predicted molar refractivity (Wildman–Crippen MR) is 181 cm³/mol. The van der Waals surface area contributed by atoms with Crippen LogP contribution in [-0.4, -0.2) is 37.2 Å². The van der Waals surface area contributed by atoms with E-state index in [0.717, 1.165) is 53.8 Å². The Balaban J connectivity index is 0.000000304. The second kappa shape index (κ2) is 18.9. The number of rotatable bonds is 9. The van der Waals surface area contributed by atoms with Crippen LogP contribution in [-0.2, 0) is 0 Å². The Morgan fingerprint density at radius 1 is 1.27 bits per heavy atom. The van der Waals surface area contributed by atoms with Gasteiger partial charge in [0.1, 0.15) is 5.82 Å². The molecular weight excluding hydrogens is 524 g/mol. The van der Waals surface area contributed by atoms with Gasteiger partial charge in [0.2, 0.25) is 0 Å². The summed E-state index contributed by atoms with van der Waals surface area (Å²) in [7, 11) is 0. The Morgan fingerprint density at radius 2 is 2.00 bits per heavy atom. The highest BCUT2D eigenvalue weighted by atomic mass is 35.5. The molecule has 3 aliphatic rings. The number of halogens is 1. The van der Waals surface area contributed by atoms with Gasteiger partial charge in [0.05, 0.1) is 17.4 Å². The quantitative estimate of drug-likeness (QED) is 0.227. The average Bonchev–Trinajstić information content (AvgIpc) is 3.84. The predicted octanol–water partition coefficient (Wildman–Crippen LogP) is 8.74. The smallest absolute Gasteiger partial charge is 0.105 e. The first-order valence-electron chi connectivity index (χ1n) is 15.6. The van der Waals surface area contributed by atoms with Crippen molar-refractivity contribution in [2.24, 2.45) is 11.7 Å². The van der Waals surface area contributed by atoms with E-state index in [4.69, 9.17) is 23.8 Å². The number of para-hydroxylation sites is 1. The molecule has 2 heterocycles. The summed E-state index contributed by atoms with van der Waals surface area (Å²) in [4.78, 5) is 4.65. The number of likely N-dealkylation sites (tertiary alicyclic amines) is 1. The zero-order valence-corrected chi connectivity index (χ0v) is 27.2. The molecule has 1 saturated carbocycles. The molecule has 1 saturated heterocycles. The molecular formula is C36H55ClN4. The van der Waals surface area contributed by atoms with Crippen LogP contribution in [0.25, 0.3) is 0 Å². The lowest BCUT2D eigenvalue weighted by molar-refractivity contribution is 0.136. The summed E-state index contributed by atoms with van der Waals surface area (Å²) >= 11 is 6.44. The molecule has 2 fully saturated rings.